The molecule has 1 aliphatic rings. The molecule has 0 saturated carbocycles. The number of hydrogen-bond donors (Lipinski definition) is 2. The van der Waals surface area contributed by atoms with Crippen molar-refractivity contribution in [2.45, 2.75) is 25.7 Å². The number of alkyl halides is 3. The van der Waals surface area contributed by atoms with Gasteiger partial charge in [0.15, 0.2) is 0 Å². The number of H-pyrrole nitrogens is 1. The van der Waals surface area contributed by atoms with E-state index >= 15 is 0 Å². The Balaban J connectivity index is 1.59. The fraction of sp³-hybridized carbons (Fsp3) is 0.238. The van der Waals surface area contributed by atoms with Crippen molar-refractivity contribution < 1.29 is 18.3 Å². The zero-order chi connectivity index (χ0) is 21.5. The van der Waals surface area contributed by atoms with Gasteiger partial charge < -0.3 is 10.1 Å². The van der Waals surface area contributed by atoms with E-state index in [1.165, 1.54) is 18.2 Å². The summed E-state index contributed by atoms with van der Waals surface area (Å²) in [4.78, 5) is 21.8. The summed E-state index contributed by atoms with van der Waals surface area (Å²) in [6.45, 7) is 1.56. The van der Waals surface area contributed by atoms with Crippen LogP contribution in [0.3, 0.4) is 0 Å². The van der Waals surface area contributed by atoms with Crippen molar-refractivity contribution in [1.29, 1.82) is 0 Å². The lowest BCUT2D eigenvalue weighted by Gasteiger charge is -2.28. The maximum absolute atomic E-state index is 12.8. The Morgan fingerprint density at radius 1 is 1.17 bits per heavy atom. The van der Waals surface area contributed by atoms with Crippen molar-refractivity contribution in [2.75, 3.05) is 6.54 Å². The SMILES string of the molecule is O=c1[nH]c(-c2ccc(C(F)(F)F)cc2)nc2c1CCN(Cc1ccc(O)cc1Cl)C2. The van der Waals surface area contributed by atoms with E-state index in [2.05, 4.69) is 14.9 Å². The predicted octanol–water partition coefficient (Wildman–Crippen LogP) is 4.37. The molecule has 4 rings (SSSR count). The van der Waals surface area contributed by atoms with E-state index in [1.54, 1.807) is 12.1 Å². The Bertz CT molecular complexity index is 1140. The maximum atomic E-state index is 12.8. The second-order valence-electron chi connectivity index (χ2n) is 7.15. The van der Waals surface area contributed by atoms with E-state index in [-0.39, 0.29) is 17.1 Å². The number of aromatic nitrogens is 2. The average Bonchev–Trinajstić information content (AvgIpc) is 2.69. The van der Waals surface area contributed by atoms with Crippen LogP contribution in [-0.2, 0) is 25.7 Å². The summed E-state index contributed by atoms with van der Waals surface area (Å²) < 4.78 is 38.3. The third-order valence-electron chi connectivity index (χ3n) is 5.07. The van der Waals surface area contributed by atoms with E-state index in [1.807, 2.05) is 0 Å². The quantitative estimate of drug-likeness (QED) is 0.641. The number of fused-ring (bicyclic) bond motifs is 1. The lowest BCUT2D eigenvalue weighted by Crippen LogP contribution is -2.35. The molecule has 0 unspecified atom stereocenters. The fourth-order valence-electron chi connectivity index (χ4n) is 3.49. The van der Waals surface area contributed by atoms with Gasteiger partial charge in [-0.1, -0.05) is 29.8 Å². The Morgan fingerprint density at radius 2 is 1.90 bits per heavy atom. The Morgan fingerprint density at radius 3 is 2.57 bits per heavy atom. The van der Waals surface area contributed by atoms with Gasteiger partial charge in [0.25, 0.3) is 5.56 Å². The zero-order valence-electron chi connectivity index (χ0n) is 15.6. The number of halogens is 4. The summed E-state index contributed by atoms with van der Waals surface area (Å²) in [5.74, 6) is 0.319. The highest BCUT2D eigenvalue weighted by Gasteiger charge is 2.30. The van der Waals surface area contributed by atoms with Crippen molar-refractivity contribution >= 4 is 11.6 Å². The molecule has 0 spiro atoms. The largest absolute Gasteiger partial charge is 0.508 e. The standard InChI is InChI=1S/C21H17ClF3N3O2/c22-17-9-15(29)6-3-13(17)10-28-8-7-16-18(11-28)26-19(27-20(16)30)12-1-4-14(5-2-12)21(23,24)25/h1-6,9,29H,7-8,10-11H2,(H,26,27,30). The van der Waals surface area contributed by atoms with Crippen molar-refractivity contribution in [2.24, 2.45) is 0 Å². The minimum atomic E-state index is -4.43. The molecule has 0 amide bonds. The molecule has 0 bridgehead atoms. The van der Waals surface area contributed by atoms with Gasteiger partial charge in [0.05, 0.1) is 11.3 Å². The van der Waals surface area contributed by atoms with Gasteiger partial charge in [-0.25, -0.2) is 4.98 Å². The number of aromatic hydroxyl groups is 1. The van der Waals surface area contributed by atoms with E-state index < -0.39 is 11.7 Å². The number of nitrogens with one attached hydrogen (secondary N) is 1. The lowest BCUT2D eigenvalue weighted by atomic mass is 10.0. The van der Waals surface area contributed by atoms with Gasteiger partial charge in [0, 0.05) is 35.8 Å². The summed E-state index contributed by atoms with van der Waals surface area (Å²) in [6.07, 6.45) is -3.92. The number of nitrogens with zero attached hydrogens (tertiary/aromatic N) is 2. The monoisotopic (exact) mass is 435 g/mol. The molecule has 0 saturated heterocycles. The molecule has 2 heterocycles. The second kappa shape index (κ2) is 7.77. The number of aromatic amines is 1. The molecule has 0 radical (unpaired) electrons. The van der Waals surface area contributed by atoms with Gasteiger partial charge in [0.1, 0.15) is 11.6 Å². The molecule has 3 aromatic rings. The van der Waals surface area contributed by atoms with Crippen LogP contribution in [0.5, 0.6) is 5.75 Å². The van der Waals surface area contributed by atoms with Gasteiger partial charge in [-0.2, -0.15) is 13.2 Å². The van der Waals surface area contributed by atoms with Crippen LogP contribution in [0.4, 0.5) is 13.2 Å². The number of benzene rings is 2. The van der Waals surface area contributed by atoms with Crippen LogP contribution >= 0.6 is 11.6 Å². The number of phenolic OH excluding ortho intramolecular Hbond substituents is 1. The Kier molecular flexibility index (Phi) is 5.29. The van der Waals surface area contributed by atoms with Crippen LogP contribution in [0.25, 0.3) is 11.4 Å². The molecule has 0 aliphatic carbocycles. The van der Waals surface area contributed by atoms with Crippen LogP contribution in [0.15, 0.2) is 47.3 Å². The highest BCUT2D eigenvalue weighted by Crippen LogP contribution is 2.30. The summed E-state index contributed by atoms with van der Waals surface area (Å²) in [7, 11) is 0. The van der Waals surface area contributed by atoms with Gasteiger partial charge in [0.2, 0.25) is 0 Å². The van der Waals surface area contributed by atoms with Crippen LogP contribution in [0.1, 0.15) is 22.4 Å². The lowest BCUT2D eigenvalue weighted by molar-refractivity contribution is -0.137. The van der Waals surface area contributed by atoms with Crippen molar-refractivity contribution in [3.63, 3.8) is 0 Å². The summed E-state index contributed by atoms with van der Waals surface area (Å²) in [5.41, 5.74) is 1.38. The van der Waals surface area contributed by atoms with E-state index in [0.29, 0.717) is 47.9 Å². The maximum Gasteiger partial charge on any atom is 0.416 e. The molecular formula is C21H17ClF3N3O2. The first-order chi connectivity index (χ1) is 14.2. The fourth-order valence-corrected chi connectivity index (χ4v) is 3.72. The molecule has 0 fully saturated rings. The number of hydrogen-bond acceptors (Lipinski definition) is 4. The van der Waals surface area contributed by atoms with Crippen molar-refractivity contribution in [1.82, 2.24) is 14.9 Å². The number of rotatable bonds is 3. The van der Waals surface area contributed by atoms with Gasteiger partial charge in [-0.3, -0.25) is 9.69 Å². The molecule has 5 nitrogen and oxygen atoms in total. The van der Waals surface area contributed by atoms with Gasteiger partial charge >= 0.3 is 6.18 Å². The van der Waals surface area contributed by atoms with Gasteiger partial charge in [-0.15, -0.1) is 0 Å². The minimum Gasteiger partial charge on any atom is -0.508 e. The summed E-state index contributed by atoms with van der Waals surface area (Å²) in [5, 5.41) is 9.95. The smallest absolute Gasteiger partial charge is 0.416 e. The average molecular weight is 436 g/mol. The third kappa shape index (κ3) is 4.20. The summed E-state index contributed by atoms with van der Waals surface area (Å²) >= 11 is 6.19. The Labute approximate surface area is 174 Å². The molecule has 30 heavy (non-hydrogen) atoms. The van der Waals surface area contributed by atoms with E-state index in [9.17, 15) is 23.1 Å². The number of phenols is 1. The van der Waals surface area contributed by atoms with Crippen LogP contribution in [0, 0.1) is 0 Å². The predicted molar refractivity (Wildman–Crippen MR) is 106 cm³/mol. The molecule has 1 aromatic heterocycles. The molecule has 156 valence electrons. The zero-order valence-corrected chi connectivity index (χ0v) is 16.4. The van der Waals surface area contributed by atoms with Crippen LogP contribution in [-0.4, -0.2) is 26.5 Å². The molecule has 2 aromatic carbocycles. The minimum absolute atomic E-state index is 0.0853. The summed E-state index contributed by atoms with van der Waals surface area (Å²) in [6, 6.07) is 9.30. The first-order valence-electron chi connectivity index (χ1n) is 9.20. The van der Waals surface area contributed by atoms with Crippen LogP contribution in [0.2, 0.25) is 5.02 Å². The molecule has 2 N–H and O–H groups in total. The van der Waals surface area contributed by atoms with E-state index in [4.69, 9.17) is 11.6 Å². The molecule has 9 heteroatoms. The second-order valence-corrected chi connectivity index (χ2v) is 7.56. The first kappa shape index (κ1) is 20.4. The first-order valence-corrected chi connectivity index (χ1v) is 9.58. The van der Waals surface area contributed by atoms with Crippen molar-refractivity contribution in [3.05, 3.63) is 80.2 Å². The topological polar surface area (TPSA) is 69.2 Å². The highest BCUT2D eigenvalue weighted by atomic mass is 35.5. The Hall–Kier alpha value is -2.84. The van der Waals surface area contributed by atoms with Crippen LogP contribution < -0.4 is 5.56 Å². The molecule has 0 atom stereocenters. The molecule has 1 aliphatic heterocycles. The van der Waals surface area contributed by atoms with E-state index in [0.717, 1.165) is 17.7 Å². The van der Waals surface area contributed by atoms with Crippen molar-refractivity contribution in [3.8, 4) is 17.1 Å². The highest BCUT2D eigenvalue weighted by molar-refractivity contribution is 6.31. The van der Waals surface area contributed by atoms with Gasteiger partial charge in [-0.05, 0) is 36.2 Å². The normalized spacial score (nSPS) is 14.5. The molecular weight excluding hydrogens is 419 g/mol. The third-order valence-corrected chi connectivity index (χ3v) is 5.42.